The summed E-state index contributed by atoms with van der Waals surface area (Å²) in [5.74, 6) is 1.85. The van der Waals surface area contributed by atoms with Crippen molar-refractivity contribution in [3.63, 3.8) is 0 Å². The second-order valence-electron chi connectivity index (χ2n) is 5.34. The number of hydrogen-bond donors (Lipinski definition) is 2. The molecule has 3 heterocycles. The predicted octanol–water partition coefficient (Wildman–Crippen LogP) is 1.14. The second-order valence-corrected chi connectivity index (χ2v) is 5.34. The van der Waals surface area contributed by atoms with Crippen LogP contribution in [0.3, 0.4) is 0 Å². The number of nitrogens with two attached hydrogens (primary N) is 1. The van der Waals surface area contributed by atoms with Crippen LogP contribution in [0.2, 0.25) is 0 Å². The first-order valence-electron chi connectivity index (χ1n) is 7.00. The average Bonchev–Trinajstić information content (AvgIpc) is 2.83. The van der Waals surface area contributed by atoms with E-state index in [-0.39, 0.29) is 5.41 Å². The fourth-order valence-electron chi connectivity index (χ4n) is 3.34. The lowest BCUT2D eigenvalue weighted by Gasteiger charge is -2.41. The lowest BCUT2D eigenvalue weighted by atomic mass is 9.69. The summed E-state index contributed by atoms with van der Waals surface area (Å²) < 4.78 is 5.77. The van der Waals surface area contributed by atoms with E-state index in [1.165, 1.54) is 0 Å². The van der Waals surface area contributed by atoms with Gasteiger partial charge in [0.15, 0.2) is 5.89 Å². The molecule has 1 spiro atoms. The molecule has 1 saturated heterocycles. The number of aromatic nitrogens is 1. The third kappa shape index (κ3) is 1.56. The molecule has 1 aromatic rings. The van der Waals surface area contributed by atoms with E-state index in [0.29, 0.717) is 29.7 Å². The van der Waals surface area contributed by atoms with E-state index in [9.17, 15) is 5.26 Å². The van der Waals surface area contributed by atoms with Crippen molar-refractivity contribution in [2.45, 2.75) is 32.1 Å². The largest absolute Gasteiger partial charge is 0.425 e. The molecule has 20 heavy (non-hydrogen) atoms. The Hall–Kier alpha value is -2.00. The molecular weight excluding hydrogens is 254 g/mol. The molecule has 0 radical (unpaired) electrons. The Morgan fingerprint density at radius 1 is 1.50 bits per heavy atom. The lowest BCUT2D eigenvalue weighted by molar-refractivity contribution is 0.346. The minimum Gasteiger partial charge on any atom is -0.425 e. The van der Waals surface area contributed by atoms with E-state index in [0.717, 1.165) is 31.6 Å². The van der Waals surface area contributed by atoms with Crippen LogP contribution in [0.15, 0.2) is 15.8 Å². The molecular formula is C14H19N5O. The number of nitrogens with zero attached hydrogens (tertiary/aromatic N) is 3. The van der Waals surface area contributed by atoms with Crippen molar-refractivity contribution in [3.8, 4) is 6.07 Å². The van der Waals surface area contributed by atoms with Crippen molar-refractivity contribution in [1.82, 2.24) is 10.3 Å². The van der Waals surface area contributed by atoms with Crippen LogP contribution < -0.4 is 16.0 Å². The van der Waals surface area contributed by atoms with Gasteiger partial charge in [0.1, 0.15) is 11.5 Å². The van der Waals surface area contributed by atoms with Crippen molar-refractivity contribution in [2.75, 3.05) is 24.5 Å². The van der Waals surface area contributed by atoms with Crippen molar-refractivity contribution in [3.05, 3.63) is 23.0 Å². The number of nitriles is 1. The fraction of sp³-hybridized carbons (Fsp3) is 0.571. The molecule has 6 nitrogen and oxygen atoms in total. The van der Waals surface area contributed by atoms with E-state index in [1.54, 1.807) is 0 Å². The van der Waals surface area contributed by atoms with Gasteiger partial charge in [0, 0.05) is 13.5 Å². The average molecular weight is 273 g/mol. The van der Waals surface area contributed by atoms with Gasteiger partial charge in [-0.15, -0.1) is 0 Å². The van der Waals surface area contributed by atoms with Crippen LogP contribution in [0.5, 0.6) is 0 Å². The minimum absolute atomic E-state index is 0.386. The first-order valence-corrected chi connectivity index (χ1v) is 7.00. The van der Waals surface area contributed by atoms with Gasteiger partial charge in [0.2, 0.25) is 5.88 Å². The molecule has 106 valence electrons. The number of aryl methyl sites for hydroxylation is 1. The highest BCUT2D eigenvalue weighted by Gasteiger charge is 2.48. The zero-order chi connectivity index (χ0) is 14.3. The Morgan fingerprint density at radius 2 is 2.20 bits per heavy atom. The molecule has 1 aromatic heterocycles. The Bertz CT molecular complexity index is 604. The molecule has 3 N–H and O–H groups in total. The second kappa shape index (κ2) is 4.53. The monoisotopic (exact) mass is 273 g/mol. The smallest absolute Gasteiger partial charge is 0.226 e. The summed E-state index contributed by atoms with van der Waals surface area (Å²) in [5.41, 5.74) is 7.38. The van der Waals surface area contributed by atoms with Gasteiger partial charge in [-0.25, -0.2) is 4.98 Å². The molecule has 3 rings (SSSR count). The number of fused-ring (bicyclic) bond motifs is 2. The van der Waals surface area contributed by atoms with E-state index in [1.807, 2.05) is 18.7 Å². The molecule has 0 unspecified atom stereocenters. The van der Waals surface area contributed by atoms with Gasteiger partial charge < -0.3 is 15.5 Å². The summed E-state index contributed by atoms with van der Waals surface area (Å²) in [5, 5.41) is 13.0. The number of nitrogens with one attached hydrogen (secondary N) is 1. The number of hydrogen-bond acceptors (Lipinski definition) is 6. The van der Waals surface area contributed by atoms with Gasteiger partial charge in [-0.1, -0.05) is 0 Å². The number of oxazole rings is 1. The highest BCUT2D eigenvalue weighted by Crippen LogP contribution is 2.48. The van der Waals surface area contributed by atoms with Crippen LogP contribution in [0, 0.1) is 18.3 Å². The van der Waals surface area contributed by atoms with Crippen LogP contribution in [0.4, 0.5) is 5.88 Å². The molecule has 2 aliphatic heterocycles. The Balaban J connectivity index is 2.25. The number of piperidine rings is 1. The Labute approximate surface area is 118 Å². The van der Waals surface area contributed by atoms with E-state index < -0.39 is 0 Å². The molecule has 1 fully saturated rings. The number of allylic oxidation sites excluding steroid dienone is 1. The Morgan fingerprint density at radius 3 is 2.80 bits per heavy atom. The summed E-state index contributed by atoms with van der Waals surface area (Å²) in [4.78, 5) is 6.43. The molecule has 0 bridgehead atoms. The zero-order valence-electron chi connectivity index (χ0n) is 11.9. The molecule has 0 saturated carbocycles. The summed E-state index contributed by atoms with van der Waals surface area (Å²) in [6.45, 7) is 6.20. The van der Waals surface area contributed by atoms with Gasteiger partial charge in [-0.3, -0.25) is 4.90 Å². The quantitative estimate of drug-likeness (QED) is 0.797. The van der Waals surface area contributed by atoms with Crippen molar-refractivity contribution in [1.29, 1.82) is 5.26 Å². The third-order valence-electron chi connectivity index (χ3n) is 4.33. The normalized spacial score (nSPS) is 20.9. The van der Waals surface area contributed by atoms with Gasteiger partial charge in [-0.05, 0) is 32.9 Å². The summed E-state index contributed by atoms with van der Waals surface area (Å²) in [6.07, 6.45) is 1.65. The van der Waals surface area contributed by atoms with Gasteiger partial charge in [0.25, 0.3) is 0 Å². The maximum atomic E-state index is 9.63. The first kappa shape index (κ1) is 13.0. The molecule has 0 amide bonds. The van der Waals surface area contributed by atoms with Gasteiger partial charge in [-0.2, -0.15) is 5.26 Å². The van der Waals surface area contributed by atoms with Crippen LogP contribution >= 0.6 is 0 Å². The molecule has 0 aromatic carbocycles. The number of rotatable bonds is 1. The van der Waals surface area contributed by atoms with Gasteiger partial charge in [0.05, 0.1) is 17.1 Å². The SMILES string of the molecule is CCN1C(N)=C(C#N)C2(CCNCC2)c2nc(C)oc21. The third-order valence-corrected chi connectivity index (χ3v) is 4.33. The summed E-state index contributed by atoms with van der Waals surface area (Å²) in [6, 6.07) is 2.33. The molecule has 0 atom stereocenters. The van der Waals surface area contributed by atoms with E-state index in [4.69, 9.17) is 10.2 Å². The maximum Gasteiger partial charge on any atom is 0.226 e. The van der Waals surface area contributed by atoms with Crippen LogP contribution in [-0.4, -0.2) is 24.6 Å². The van der Waals surface area contributed by atoms with Crippen LogP contribution in [0.25, 0.3) is 0 Å². The van der Waals surface area contributed by atoms with Crippen LogP contribution in [0.1, 0.15) is 31.4 Å². The lowest BCUT2D eigenvalue weighted by Crippen LogP contribution is -2.47. The van der Waals surface area contributed by atoms with Crippen LogP contribution in [-0.2, 0) is 5.41 Å². The topological polar surface area (TPSA) is 91.1 Å². The zero-order valence-corrected chi connectivity index (χ0v) is 11.9. The molecule has 0 aliphatic carbocycles. The molecule has 2 aliphatic rings. The van der Waals surface area contributed by atoms with E-state index >= 15 is 0 Å². The fourth-order valence-corrected chi connectivity index (χ4v) is 3.34. The van der Waals surface area contributed by atoms with Crippen molar-refractivity contribution in [2.24, 2.45) is 5.73 Å². The summed E-state index contributed by atoms with van der Waals surface area (Å²) >= 11 is 0. The highest BCUT2D eigenvalue weighted by molar-refractivity contribution is 5.63. The number of anilines is 1. The summed E-state index contributed by atoms with van der Waals surface area (Å²) in [7, 11) is 0. The standard InChI is InChI=1S/C14H19N5O/c1-3-19-12(16)10(8-15)14(4-6-17-7-5-14)11-13(19)20-9(2)18-11/h17H,3-7,16H2,1-2H3. The highest BCUT2D eigenvalue weighted by atomic mass is 16.4. The first-order chi connectivity index (χ1) is 9.64. The van der Waals surface area contributed by atoms with E-state index in [2.05, 4.69) is 16.4 Å². The minimum atomic E-state index is -0.386. The van der Waals surface area contributed by atoms with Crippen molar-refractivity contribution < 1.29 is 4.42 Å². The maximum absolute atomic E-state index is 9.63. The predicted molar refractivity (Wildman–Crippen MR) is 74.9 cm³/mol. The van der Waals surface area contributed by atoms with Gasteiger partial charge >= 0.3 is 0 Å². The Kier molecular flexibility index (Phi) is 2.94. The van der Waals surface area contributed by atoms with Crippen molar-refractivity contribution >= 4 is 5.88 Å². The molecule has 6 heteroatoms.